The van der Waals surface area contributed by atoms with Gasteiger partial charge in [-0.25, -0.2) is 0 Å². The van der Waals surface area contributed by atoms with Crippen LogP contribution in [0.3, 0.4) is 0 Å². The Morgan fingerprint density at radius 2 is 1.90 bits per heavy atom. The van der Waals surface area contributed by atoms with Crippen LogP contribution in [0.2, 0.25) is 0 Å². The van der Waals surface area contributed by atoms with E-state index in [0.29, 0.717) is 5.05 Å². The molecule has 0 spiro atoms. The van der Waals surface area contributed by atoms with Crippen molar-refractivity contribution in [3.05, 3.63) is 0 Å². The van der Waals surface area contributed by atoms with Crippen LogP contribution in [0.4, 0.5) is 0 Å². The molecule has 0 N–H and O–H groups in total. The second kappa shape index (κ2) is 3.88. The molecule has 0 aromatic rings. The Morgan fingerprint density at radius 3 is 2.20 bits per heavy atom. The van der Waals surface area contributed by atoms with E-state index >= 15 is 0 Å². The molecule has 0 saturated carbocycles. The van der Waals surface area contributed by atoms with Gasteiger partial charge >= 0.3 is 0 Å². The first-order valence-corrected chi connectivity index (χ1v) is 3.76. The van der Waals surface area contributed by atoms with Crippen LogP contribution < -0.4 is 0 Å². The third-order valence-corrected chi connectivity index (χ3v) is 1.19. The van der Waals surface area contributed by atoms with Gasteiger partial charge in [0.25, 0.3) is 0 Å². The van der Waals surface area contributed by atoms with Crippen molar-refractivity contribution in [1.29, 1.82) is 0 Å². The largest absolute Gasteiger partial charge is 0.481 e. The number of nitrogens with zero attached hydrogens (tertiary/aromatic N) is 1. The van der Waals surface area contributed by atoms with E-state index < -0.39 is 0 Å². The van der Waals surface area contributed by atoms with Crippen molar-refractivity contribution in [3.63, 3.8) is 0 Å². The zero-order valence-electron chi connectivity index (χ0n) is 7.18. The smallest absolute Gasteiger partial charge is 0.156 e. The van der Waals surface area contributed by atoms with Crippen molar-refractivity contribution in [2.24, 2.45) is 0 Å². The zero-order valence-corrected chi connectivity index (χ0v) is 7.99. The van der Waals surface area contributed by atoms with Crippen LogP contribution in [0.25, 0.3) is 0 Å². The highest BCUT2D eigenvalue weighted by molar-refractivity contribution is 7.80. The molecular formula is C7H16NOS+. The van der Waals surface area contributed by atoms with Gasteiger partial charge in [0, 0.05) is 6.92 Å². The summed E-state index contributed by atoms with van der Waals surface area (Å²) in [5.41, 5.74) is 0. The highest BCUT2D eigenvalue weighted by Crippen LogP contribution is 1.89. The third-order valence-electron chi connectivity index (χ3n) is 1.07. The van der Waals surface area contributed by atoms with E-state index in [1.807, 2.05) is 0 Å². The minimum Gasteiger partial charge on any atom is -0.481 e. The van der Waals surface area contributed by atoms with Crippen LogP contribution in [-0.2, 0) is 4.74 Å². The van der Waals surface area contributed by atoms with E-state index in [1.165, 1.54) is 0 Å². The third kappa shape index (κ3) is 7.85. The van der Waals surface area contributed by atoms with Gasteiger partial charge in [-0.05, 0) is 12.2 Å². The Bertz CT molecular complexity index is 117. The van der Waals surface area contributed by atoms with Crippen LogP contribution in [0.15, 0.2) is 0 Å². The Labute approximate surface area is 68.4 Å². The van der Waals surface area contributed by atoms with Gasteiger partial charge in [-0.3, -0.25) is 0 Å². The summed E-state index contributed by atoms with van der Waals surface area (Å²) in [5, 5.41) is 0.633. The molecule has 0 aromatic heterocycles. The lowest BCUT2D eigenvalue weighted by molar-refractivity contribution is -0.870. The average molecular weight is 162 g/mol. The summed E-state index contributed by atoms with van der Waals surface area (Å²) in [6, 6.07) is 0. The molecular weight excluding hydrogens is 146 g/mol. The first kappa shape index (κ1) is 9.85. The molecule has 3 heteroatoms. The maximum atomic E-state index is 5.13. The van der Waals surface area contributed by atoms with Crippen LogP contribution in [0.1, 0.15) is 6.92 Å². The lowest BCUT2D eigenvalue weighted by atomic mass is 10.5. The molecule has 0 rings (SSSR count). The molecule has 0 aromatic carbocycles. The minimum absolute atomic E-state index is 0.633. The van der Waals surface area contributed by atoms with Gasteiger partial charge in [-0.2, -0.15) is 0 Å². The van der Waals surface area contributed by atoms with Gasteiger partial charge in [-0.1, -0.05) is 0 Å². The van der Waals surface area contributed by atoms with Gasteiger partial charge in [0.05, 0.1) is 21.1 Å². The van der Waals surface area contributed by atoms with Gasteiger partial charge in [0.2, 0.25) is 0 Å². The second-order valence-corrected chi connectivity index (χ2v) is 3.93. The van der Waals surface area contributed by atoms with E-state index in [0.717, 1.165) is 17.6 Å². The molecule has 0 heterocycles. The quantitative estimate of drug-likeness (QED) is 0.453. The summed E-state index contributed by atoms with van der Waals surface area (Å²) in [6.07, 6.45) is 0. The molecule has 0 atom stereocenters. The van der Waals surface area contributed by atoms with E-state index in [-0.39, 0.29) is 0 Å². The van der Waals surface area contributed by atoms with Gasteiger partial charge < -0.3 is 9.22 Å². The minimum atomic E-state index is 0.633. The van der Waals surface area contributed by atoms with E-state index in [4.69, 9.17) is 17.0 Å². The predicted octanol–water partition coefficient (Wildman–Crippen LogP) is 1.06. The van der Waals surface area contributed by atoms with Gasteiger partial charge in [0.1, 0.15) is 13.2 Å². The maximum absolute atomic E-state index is 5.13. The summed E-state index contributed by atoms with van der Waals surface area (Å²) in [4.78, 5) is 0. The normalized spacial score (nSPS) is 11.2. The van der Waals surface area contributed by atoms with E-state index in [9.17, 15) is 0 Å². The van der Waals surface area contributed by atoms with E-state index in [2.05, 4.69) is 21.1 Å². The molecule has 0 amide bonds. The molecule has 2 nitrogen and oxygen atoms in total. The second-order valence-electron chi connectivity index (χ2n) is 3.35. The van der Waals surface area contributed by atoms with Crippen LogP contribution in [0.5, 0.6) is 0 Å². The number of hydrogen-bond donors (Lipinski definition) is 0. The first-order chi connectivity index (χ1) is 4.42. The molecule has 0 fully saturated rings. The van der Waals surface area contributed by atoms with Crippen molar-refractivity contribution < 1.29 is 9.22 Å². The lowest BCUT2D eigenvalue weighted by Crippen LogP contribution is -2.37. The van der Waals surface area contributed by atoms with Crippen LogP contribution >= 0.6 is 12.2 Å². The Balaban J connectivity index is 3.29. The standard InChI is InChI=1S/C7H16NOS/c1-7(10)9-6-5-8(2,3)4/h5-6H2,1-4H3/q+1. The number of ether oxygens (including phenoxy) is 1. The molecule has 0 aliphatic rings. The highest BCUT2D eigenvalue weighted by atomic mass is 32.1. The van der Waals surface area contributed by atoms with Gasteiger partial charge in [0.15, 0.2) is 5.05 Å². The zero-order chi connectivity index (χ0) is 8.20. The topological polar surface area (TPSA) is 9.23 Å². The Kier molecular flexibility index (Phi) is 3.83. The monoisotopic (exact) mass is 162 g/mol. The summed E-state index contributed by atoms with van der Waals surface area (Å²) in [6.45, 7) is 3.51. The summed E-state index contributed by atoms with van der Waals surface area (Å²) in [7, 11) is 6.38. The fraction of sp³-hybridized carbons (Fsp3) is 0.857. The van der Waals surface area contributed by atoms with Crippen molar-refractivity contribution in [2.75, 3.05) is 34.3 Å². The fourth-order valence-electron chi connectivity index (χ4n) is 0.463. The Hall–Kier alpha value is -0.150. The molecule has 0 aliphatic heterocycles. The molecule has 0 bridgehead atoms. The van der Waals surface area contributed by atoms with Crippen molar-refractivity contribution >= 4 is 17.3 Å². The SMILES string of the molecule is CC(=S)OCC[N+](C)(C)C. The summed E-state index contributed by atoms with van der Waals surface area (Å²) >= 11 is 4.75. The summed E-state index contributed by atoms with van der Waals surface area (Å²) < 4.78 is 6.05. The van der Waals surface area contributed by atoms with E-state index in [1.54, 1.807) is 6.92 Å². The van der Waals surface area contributed by atoms with Crippen molar-refractivity contribution in [3.8, 4) is 0 Å². The molecule has 60 valence electrons. The van der Waals surface area contributed by atoms with Crippen LogP contribution in [-0.4, -0.2) is 43.8 Å². The highest BCUT2D eigenvalue weighted by Gasteiger charge is 2.05. The summed E-state index contributed by atoms with van der Waals surface area (Å²) in [5.74, 6) is 0. The molecule has 0 radical (unpaired) electrons. The number of hydrogen-bond acceptors (Lipinski definition) is 2. The number of likely N-dealkylation sites (N-methyl/N-ethyl adjacent to an activating group) is 1. The fourth-order valence-corrected chi connectivity index (χ4v) is 0.547. The number of rotatable bonds is 3. The van der Waals surface area contributed by atoms with Crippen LogP contribution in [0, 0.1) is 0 Å². The van der Waals surface area contributed by atoms with Gasteiger partial charge in [-0.15, -0.1) is 0 Å². The predicted molar refractivity (Wildman–Crippen MR) is 47.1 cm³/mol. The number of thiocarbonyl (C=S) groups is 1. The average Bonchev–Trinajstić information content (AvgIpc) is 1.59. The maximum Gasteiger partial charge on any atom is 0.156 e. The molecule has 10 heavy (non-hydrogen) atoms. The molecule has 0 unspecified atom stereocenters. The first-order valence-electron chi connectivity index (χ1n) is 3.35. The molecule has 0 aliphatic carbocycles. The lowest BCUT2D eigenvalue weighted by Gasteiger charge is -2.23. The molecule has 0 saturated heterocycles. The number of quaternary nitrogens is 1. The van der Waals surface area contributed by atoms with Crippen molar-refractivity contribution in [2.45, 2.75) is 6.92 Å². The Morgan fingerprint density at radius 1 is 1.40 bits per heavy atom. The van der Waals surface area contributed by atoms with Crippen molar-refractivity contribution in [1.82, 2.24) is 0 Å².